The Bertz CT molecular complexity index is 894. The van der Waals surface area contributed by atoms with Crippen molar-refractivity contribution in [2.75, 3.05) is 39.1 Å². The standard InChI is InChI=1S/C24H33N5O/c1-18(14-20-10-7-6-8-11-20)16-28(5)17-21-15-23(27(3)4)26-24(25-21)22-12-9-13-29(22)19(2)30/h6-8,10-11,14-15,22H,9,12-13,16-17H2,1-5H3/b18-14+/t22-/m0/s1. The fourth-order valence-corrected chi connectivity index (χ4v) is 4.01. The van der Waals surface area contributed by atoms with Crippen molar-refractivity contribution in [2.24, 2.45) is 0 Å². The molecule has 0 aliphatic carbocycles. The zero-order valence-corrected chi connectivity index (χ0v) is 18.8. The highest BCUT2D eigenvalue weighted by atomic mass is 16.2. The molecule has 1 aromatic heterocycles. The van der Waals surface area contributed by atoms with Crippen molar-refractivity contribution in [3.8, 4) is 0 Å². The largest absolute Gasteiger partial charge is 0.363 e. The molecule has 2 heterocycles. The summed E-state index contributed by atoms with van der Waals surface area (Å²) in [6, 6.07) is 12.4. The third kappa shape index (κ3) is 5.66. The van der Waals surface area contributed by atoms with Crippen LogP contribution in [0.3, 0.4) is 0 Å². The third-order valence-electron chi connectivity index (χ3n) is 5.36. The Hall–Kier alpha value is -2.73. The molecule has 1 saturated heterocycles. The van der Waals surface area contributed by atoms with Gasteiger partial charge in [0.15, 0.2) is 5.82 Å². The number of rotatable bonds is 7. The fourth-order valence-electron chi connectivity index (χ4n) is 4.01. The minimum atomic E-state index is -0.0221. The highest BCUT2D eigenvalue weighted by Gasteiger charge is 2.30. The third-order valence-corrected chi connectivity index (χ3v) is 5.36. The molecule has 0 radical (unpaired) electrons. The van der Waals surface area contributed by atoms with E-state index in [9.17, 15) is 4.79 Å². The lowest BCUT2D eigenvalue weighted by atomic mass is 10.1. The first kappa shape index (κ1) is 22.0. The van der Waals surface area contributed by atoms with Gasteiger partial charge in [-0.3, -0.25) is 9.69 Å². The van der Waals surface area contributed by atoms with E-state index in [4.69, 9.17) is 9.97 Å². The van der Waals surface area contributed by atoms with Gasteiger partial charge in [-0.2, -0.15) is 0 Å². The Kier molecular flexibility index (Phi) is 7.21. The quantitative estimate of drug-likeness (QED) is 0.699. The topological polar surface area (TPSA) is 52.6 Å². The molecule has 1 amide bonds. The van der Waals surface area contributed by atoms with Gasteiger partial charge >= 0.3 is 0 Å². The molecule has 2 aromatic rings. The minimum absolute atomic E-state index is 0.0221. The zero-order valence-electron chi connectivity index (χ0n) is 18.8. The van der Waals surface area contributed by atoms with E-state index in [0.717, 1.165) is 49.8 Å². The Balaban J connectivity index is 1.77. The van der Waals surface area contributed by atoms with E-state index >= 15 is 0 Å². The molecule has 0 N–H and O–H groups in total. The molecule has 6 nitrogen and oxygen atoms in total. The molecule has 0 bridgehead atoms. The molecule has 1 aliphatic rings. The van der Waals surface area contributed by atoms with Crippen LogP contribution >= 0.6 is 0 Å². The van der Waals surface area contributed by atoms with Gasteiger partial charge in [-0.1, -0.05) is 42.0 Å². The van der Waals surface area contributed by atoms with E-state index in [0.29, 0.717) is 0 Å². The summed E-state index contributed by atoms with van der Waals surface area (Å²) in [4.78, 5) is 27.8. The van der Waals surface area contributed by atoms with E-state index < -0.39 is 0 Å². The van der Waals surface area contributed by atoms with Gasteiger partial charge in [0.2, 0.25) is 5.91 Å². The van der Waals surface area contributed by atoms with Crippen molar-refractivity contribution in [2.45, 2.75) is 39.3 Å². The van der Waals surface area contributed by atoms with Crippen molar-refractivity contribution in [1.82, 2.24) is 19.8 Å². The van der Waals surface area contributed by atoms with Gasteiger partial charge in [0, 0.05) is 46.7 Å². The van der Waals surface area contributed by atoms with E-state index in [1.165, 1.54) is 11.1 Å². The summed E-state index contributed by atoms with van der Waals surface area (Å²) in [7, 11) is 6.09. The Morgan fingerprint density at radius 3 is 2.57 bits per heavy atom. The van der Waals surface area contributed by atoms with E-state index in [1.807, 2.05) is 36.0 Å². The average molecular weight is 408 g/mol. The lowest BCUT2D eigenvalue weighted by molar-refractivity contribution is -0.129. The van der Waals surface area contributed by atoms with Crippen LogP contribution in [0, 0.1) is 0 Å². The van der Waals surface area contributed by atoms with Gasteiger partial charge < -0.3 is 9.80 Å². The molecule has 160 valence electrons. The van der Waals surface area contributed by atoms with Crippen LogP contribution in [0.4, 0.5) is 5.82 Å². The average Bonchev–Trinajstić information content (AvgIpc) is 3.18. The van der Waals surface area contributed by atoms with Gasteiger partial charge in [-0.05, 0) is 32.4 Å². The second-order valence-electron chi connectivity index (χ2n) is 8.41. The van der Waals surface area contributed by atoms with Crippen molar-refractivity contribution in [3.63, 3.8) is 0 Å². The number of likely N-dealkylation sites (N-methyl/N-ethyl adjacent to an activating group) is 1. The van der Waals surface area contributed by atoms with Crippen LogP contribution in [-0.4, -0.2) is 59.9 Å². The lowest BCUT2D eigenvalue weighted by Gasteiger charge is -2.24. The Morgan fingerprint density at radius 2 is 1.90 bits per heavy atom. The normalized spacial score (nSPS) is 16.9. The molecule has 1 aromatic carbocycles. The SMILES string of the molecule is CC(=O)N1CCC[C@H]1c1nc(CN(C)C/C(C)=C/c2ccccc2)cc(N(C)C)n1. The smallest absolute Gasteiger partial charge is 0.220 e. The van der Waals surface area contributed by atoms with Gasteiger partial charge in [0.05, 0.1) is 11.7 Å². The van der Waals surface area contributed by atoms with Crippen LogP contribution in [0.25, 0.3) is 6.08 Å². The first-order chi connectivity index (χ1) is 14.3. The van der Waals surface area contributed by atoms with Crippen LogP contribution in [-0.2, 0) is 11.3 Å². The highest BCUT2D eigenvalue weighted by Crippen LogP contribution is 2.31. The van der Waals surface area contributed by atoms with Crippen molar-refractivity contribution in [1.29, 1.82) is 0 Å². The van der Waals surface area contributed by atoms with Gasteiger partial charge in [0.25, 0.3) is 0 Å². The van der Waals surface area contributed by atoms with E-state index in [1.54, 1.807) is 6.92 Å². The molecular formula is C24H33N5O. The van der Waals surface area contributed by atoms with Gasteiger partial charge in [-0.25, -0.2) is 9.97 Å². The maximum absolute atomic E-state index is 12.0. The van der Waals surface area contributed by atoms with Crippen molar-refractivity contribution < 1.29 is 4.79 Å². The highest BCUT2D eigenvalue weighted by molar-refractivity contribution is 5.74. The molecule has 6 heteroatoms. The Labute approximate surface area is 180 Å². The molecule has 0 saturated carbocycles. The van der Waals surface area contributed by atoms with E-state index in [-0.39, 0.29) is 11.9 Å². The van der Waals surface area contributed by atoms with Gasteiger partial charge in [0.1, 0.15) is 5.82 Å². The van der Waals surface area contributed by atoms with Gasteiger partial charge in [-0.15, -0.1) is 0 Å². The molecule has 0 spiro atoms. The first-order valence-electron chi connectivity index (χ1n) is 10.6. The van der Waals surface area contributed by atoms with Crippen LogP contribution in [0.5, 0.6) is 0 Å². The number of amides is 1. The molecule has 1 atom stereocenters. The molecule has 1 fully saturated rings. The second-order valence-corrected chi connectivity index (χ2v) is 8.41. The zero-order chi connectivity index (χ0) is 21.7. The molecule has 1 aliphatic heterocycles. The summed E-state index contributed by atoms with van der Waals surface area (Å²) in [5.41, 5.74) is 3.49. The minimum Gasteiger partial charge on any atom is -0.363 e. The molecular weight excluding hydrogens is 374 g/mol. The molecule has 3 rings (SSSR count). The monoisotopic (exact) mass is 407 g/mol. The summed E-state index contributed by atoms with van der Waals surface area (Å²) in [5.74, 6) is 1.74. The number of likely N-dealkylation sites (tertiary alicyclic amines) is 1. The fraction of sp³-hybridized carbons (Fsp3) is 0.458. The van der Waals surface area contributed by atoms with Crippen molar-refractivity contribution >= 4 is 17.8 Å². The number of aromatic nitrogens is 2. The second kappa shape index (κ2) is 9.85. The number of hydrogen-bond donors (Lipinski definition) is 0. The predicted octanol–water partition coefficient (Wildman–Crippen LogP) is 3.76. The number of carbonyl (C=O) groups excluding carboxylic acids is 1. The Morgan fingerprint density at radius 1 is 1.17 bits per heavy atom. The van der Waals surface area contributed by atoms with Crippen LogP contribution in [0.1, 0.15) is 49.8 Å². The molecule has 30 heavy (non-hydrogen) atoms. The number of carbonyl (C=O) groups is 1. The summed E-state index contributed by atoms with van der Waals surface area (Å²) in [5, 5.41) is 0. The summed E-state index contributed by atoms with van der Waals surface area (Å²) >= 11 is 0. The van der Waals surface area contributed by atoms with Crippen molar-refractivity contribution in [3.05, 3.63) is 59.1 Å². The van der Waals surface area contributed by atoms with Crippen LogP contribution in [0.15, 0.2) is 42.0 Å². The summed E-state index contributed by atoms with van der Waals surface area (Å²) in [6.07, 6.45) is 4.14. The maximum Gasteiger partial charge on any atom is 0.220 e. The van der Waals surface area contributed by atoms with Crippen LogP contribution < -0.4 is 4.90 Å². The number of anilines is 1. The predicted molar refractivity (Wildman–Crippen MR) is 122 cm³/mol. The number of benzene rings is 1. The number of nitrogens with zero attached hydrogens (tertiary/aromatic N) is 5. The summed E-state index contributed by atoms with van der Waals surface area (Å²) < 4.78 is 0. The molecule has 0 unspecified atom stereocenters. The van der Waals surface area contributed by atoms with E-state index in [2.05, 4.69) is 49.2 Å². The number of hydrogen-bond acceptors (Lipinski definition) is 5. The maximum atomic E-state index is 12.0. The summed E-state index contributed by atoms with van der Waals surface area (Å²) in [6.45, 7) is 6.15. The lowest BCUT2D eigenvalue weighted by Crippen LogP contribution is -2.30. The first-order valence-corrected chi connectivity index (χ1v) is 10.6. The van der Waals surface area contributed by atoms with Crippen LogP contribution in [0.2, 0.25) is 0 Å².